The molecule has 1 aromatic carbocycles. The highest BCUT2D eigenvalue weighted by Crippen LogP contribution is 2.54. The highest BCUT2D eigenvalue weighted by atomic mass is 32.2. The van der Waals surface area contributed by atoms with E-state index >= 15 is 0 Å². The van der Waals surface area contributed by atoms with Gasteiger partial charge in [-0.3, -0.25) is 9.59 Å². The van der Waals surface area contributed by atoms with Gasteiger partial charge in [-0.2, -0.15) is 0 Å². The lowest BCUT2D eigenvalue weighted by Gasteiger charge is -2.35. The van der Waals surface area contributed by atoms with Crippen LogP contribution < -0.4 is 0 Å². The van der Waals surface area contributed by atoms with Crippen LogP contribution in [0.5, 0.6) is 0 Å². The third kappa shape index (κ3) is 3.89. The van der Waals surface area contributed by atoms with Crippen LogP contribution >= 0.6 is 11.8 Å². The minimum Gasteiger partial charge on any atom is -0.451 e. The van der Waals surface area contributed by atoms with Gasteiger partial charge in [0.1, 0.15) is 10.9 Å². The van der Waals surface area contributed by atoms with E-state index in [9.17, 15) is 14.4 Å². The Morgan fingerprint density at radius 1 is 1.14 bits per heavy atom. The average molecular weight is 419 g/mol. The van der Waals surface area contributed by atoms with Crippen LogP contribution in [0, 0.1) is 0 Å². The molecule has 2 fully saturated rings. The molecule has 2 aliphatic rings. The first-order chi connectivity index (χ1) is 13.7. The monoisotopic (exact) mass is 418 g/mol. The summed E-state index contributed by atoms with van der Waals surface area (Å²) in [7, 11) is 0. The summed E-state index contributed by atoms with van der Waals surface area (Å²) in [5.41, 5.74) is 1.03. The molecule has 3 rings (SSSR count). The molecule has 1 aromatic rings. The summed E-state index contributed by atoms with van der Waals surface area (Å²) >= 11 is 1.61. The Labute approximate surface area is 176 Å². The van der Waals surface area contributed by atoms with E-state index in [4.69, 9.17) is 4.74 Å². The molecule has 2 heterocycles. The van der Waals surface area contributed by atoms with Crippen molar-refractivity contribution in [2.75, 3.05) is 5.75 Å². The van der Waals surface area contributed by atoms with Crippen molar-refractivity contribution in [3.8, 4) is 0 Å². The maximum atomic E-state index is 13.0. The van der Waals surface area contributed by atoms with Crippen LogP contribution in [-0.2, 0) is 24.0 Å². The highest BCUT2D eigenvalue weighted by Gasteiger charge is 2.57. The van der Waals surface area contributed by atoms with Gasteiger partial charge in [-0.1, -0.05) is 30.3 Å². The van der Waals surface area contributed by atoms with Crippen LogP contribution in [-0.4, -0.2) is 57.6 Å². The van der Waals surface area contributed by atoms with Crippen LogP contribution in [0.2, 0.25) is 0 Å². The van der Waals surface area contributed by atoms with Crippen molar-refractivity contribution in [1.82, 2.24) is 9.80 Å². The van der Waals surface area contributed by atoms with Crippen molar-refractivity contribution in [3.05, 3.63) is 35.9 Å². The van der Waals surface area contributed by atoms with E-state index in [1.54, 1.807) is 28.5 Å². The van der Waals surface area contributed by atoms with Gasteiger partial charge in [-0.25, -0.2) is 4.79 Å². The van der Waals surface area contributed by atoms with Crippen LogP contribution in [0.4, 0.5) is 0 Å². The van der Waals surface area contributed by atoms with E-state index in [1.807, 2.05) is 58.0 Å². The first-order valence-electron chi connectivity index (χ1n) is 10.2. The number of benzene rings is 1. The fourth-order valence-electron chi connectivity index (χ4n) is 4.43. The van der Waals surface area contributed by atoms with Gasteiger partial charge in [0.05, 0.1) is 0 Å². The quantitative estimate of drug-likeness (QED) is 0.664. The molecule has 0 radical (unpaired) electrons. The number of rotatable bonds is 6. The lowest BCUT2D eigenvalue weighted by atomic mass is 10.0. The second kappa shape index (κ2) is 8.38. The molecule has 0 spiro atoms. The smallest absolute Gasteiger partial charge is 0.330 e. The molecular weight excluding hydrogens is 388 g/mol. The van der Waals surface area contributed by atoms with Crippen molar-refractivity contribution in [3.63, 3.8) is 0 Å². The first-order valence-corrected chi connectivity index (χ1v) is 11.2. The van der Waals surface area contributed by atoms with Gasteiger partial charge >= 0.3 is 5.97 Å². The summed E-state index contributed by atoms with van der Waals surface area (Å²) in [5.74, 6) is -0.279. The highest BCUT2D eigenvalue weighted by molar-refractivity contribution is 8.00. The number of carbonyl (C=O) groups excluding carboxylic acids is 3. The van der Waals surface area contributed by atoms with Crippen LogP contribution in [0.25, 0.3) is 0 Å². The second-order valence-electron chi connectivity index (χ2n) is 8.25. The first kappa shape index (κ1) is 21.7. The molecule has 0 N–H and O–H groups in total. The fourth-order valence-corrected chi connectivity index (χ4v) is 6.07. The Hall–Kier alpha value is -2.02. The summed E-state index contributed by atoms with van der Waals surface area (Å²) in [6.45, 7) is 9.37. The van der Waals surface area contributed by atoms with Crippen molar-refractivity contribution < 1.29 is 19.1 Å². The van der Waals surface area contributed by atoms with Crippen molar-refractivity contribution in [2.45, 2.75) is 76.6 Å². The molecule has 2 aliphatic heterocycles. The zero-order chi connectivity index (χ0) is 21.3. The van der Waals surface area contributed by atoms with E-state index < -0.39 is 23.0 Å². The van der Waals surface area contributed by atoms with Gasteiger partial charge in [-0.15, -0.1) is 11.8 Å². The number of amides is 2. The van der Waals surface area contributed by atoms with Crippen molar-refractivity contribution in [2.24, 2.45) is 0 Å². The summed E-state index contributed by atoms with van der Waals surface area (Å²) in [4.78, 5) is 41.4. The summed E-state index contributed by atoms with van der Waals surface area (Å²) < 4.78 is 5.58. The van der Waals surface area contributed by atoms with Gasteiger partial charge in [0.2, 0.25) is 5.91 Å². The third-order valence-electron chi connectivity index (χ3n) is 5.63. The predicted octanol–water partition coefficient (Wildman–Crippen LogP) is 3.15. The Bertz CT molecular complexity index is 774. The number of carbonyl (C=O) groups is 3. The standard InChI is InChI=1S/C22H30N2O4S/c1-14(2)23(15(3)4)20(26)16(5)28-21(27)18-13-29-22(12-11-19(25)24(18)22)17-9-7-6-8-10-17/h6-10,14-16,18H,11-13H2,1-5H3/t16-,18+,22-/m1/s1. The molecule has 3 atom stereocenters. The lowest BCUT2D eigenvalue weighted by molar-refractivity contribution is -0.166. The van der Waals surface area contributed by atoms with Crippen LogP contribution in [0.3, 0.4) is 0 Å². The van der Waals surface area contributed by atoms with Crippen molar-refractivity contribution in [1.29, 1.82) is 0 Å². The topological polar surface area (TPSA) is 66.9 Å². The minimum atomic E-state index is -0.887. The Morgan fingerprint density at radius 2 is 1.76 bits per heavy atom. The zero-order valence-corrected chi connectivity index (χ0v) is 18.6. The van der Waals surface area contributed by atoms with E-state index in [2.05, 4.69) is 0 Å². The number of nitrogens with zero attached hydrogens (tertiary/aromatic N) is 2. The Morgan fingerprint density at radius 3 is 2.34 bits per heavy atom. The largest absolute Gasteiger partial charge is 0.451 e. The van der Waals surface area contributed by atoms with Gasteiger partial charge in [0, 0.05) is 24.3 Å². The molecule has 29 heavy (non-hydrogen) atoms. The van der Waals surface area contributed by atoms with Gasteiger partial charge in [0.25, 0.3) is 5.91 Å². The second-order valence-corrected chi connectivity index (χ2v) is 9.55. The normalized spacial score (nSPS) is 24.7. The molecule has 6 nitrogen and oxygen atoms in total. The molecule has 0 unspecified atom stereocenters. The number of hydrogen-bond acceptors (Lipinski definition) is 5. The third-order valence-corrected chi connectivity index (χ3v) is 7.23. The number of fused-ring (bicyclic) bond motifs is 1. The van der Waals surface area contributed by atoms with Gasteiger partial charge in [-0.05, 0) is 46.6 Å². The van der Waals surface area contributed by atoms with Crippen molar-refractivity contribution >= 4 is 29.5 Å². The lowest BCUT2D eigenvalue weighted by Crippen LogP contribution is -2.50. The summed E-state index contributed by atoms with van der Waals surface area (Å²) in [6, 6.07) is 9.19. The van der Waals surface area contributed by atoms with Gasteiger partial charge in [0.15, 0.2) is 6.10 Å². The minimum absolute atomic E-state index is 0.0107. The molecule has 2 amide bonds. The number of esters is 1. The molecule has 0 aliphatic carbocycles. The summed E-state index contributed by atoms with van der Waals surface area (Å²) in [6.07, 6.45) is 0.198. The molecular formula is C22H30N2O4S. The average Bonchev–Trinajstić information content (AvgIpc) is 3.21. The Kier molecular flexibility index (Phi) is 6.27. The maximum Gasteiger partial charge on any atom is 0.330 e. The fraction of sp³-hybridized carbons (Fsp3) is 0.591. The molecule has 0 aromatic heterocycles. The number of hydrogen-bond donors (Lipinski definition) is 0. The summed E-state index contributed by atoms with van der Waals surface area (Å²) in [5, 5.41) is 0. The zero-order valence-electron chi connectivity index (χ0n) is 17.8. The van der Waals surface area contributed by atoms with E-state index in [1.165, 1.54) is 0 Å². The molecule has 0 saturated carbocycles. The van der Waals surface area contributed by atoms with E-state index in [0.717, 1.165) is 5.56 Å². The van der Waals surface area contributed by atoms with E-state index in [-0.39, 0.29) is 23.9 Å². The molecule has 0 bridgehead atoms. The molecule has 158 valence electrons. The van der Waals surface area contributed by atoms with E-state index in [0.29, 0.717) is 18.6 Å². The molecule has 2 saturated heterocycles. The molecule has 7 heteroatoms. The van der Waals surface area contributed by atoms with Crippen LogP contribution in [0.15, 0.2) is 30.3 Å². The Balaban J connectivity index is 1.77. The SMILES string of the molecule is CC(C)N(C(=O)[C@@H](C)OC(=O)[C@@H]1CS[C@@]2(c3ccccc3)CCC(=O)N12)C(C)C. The van der Waals surface area contributed by atoms with Crippen LogP contribution in [0.1, 0.15) is 53.0 Å². The number of ether oxygens (including phenoxy) is 1. The maximum absolute atomic E-state index is 13.0. The van der Waals surface area contributed by atoms with Gasteiger partial charge < -0.3 is 14.5 Å². The number of thioether (sulfide) groups is 1. The predicted molar refractivity (Wildman–Crippen MR) is 113 cm³/mol.